The van der Waals surface area contributed by atoms with Crippen molar-refractivity contribution >= 4 is 27.2 Å². The third-order valence-corrected chi connectivity index (χ3v) is 6.42. The lowest BCUT2D eigenvalue weighted by Crippen LogP contribution is -2.46. The first kappa shape index (κ1) is 16.4. The molecule has 0 aromatic heterocycles. The van der Waals surface area contributed by atoms with E-state index in [4.69, 9.17) is 18.0 Å². The average molecular weight is 326 g/mol. The van der Waals surface area contributed by atoms with E-state index in [-0.39, 0.29) is 11.8 Å². The van der Waals surface area contributed by atoms with Gasteiger partial charge in [-0.25, -0.2) is 8.42 Å². The summed E-state index contributed by atoms with van der Waals surface area (Å²) in [5.41, 5.74) is 7.07. The van der Waals surface area contributed by atoms with Gasteiger partial charge in [-0.05, 0) is 31.2 Å². The summed E-state index contributed by atoms with van der Waals surface area (Å²) in [7, 11) is -3.28. The summed E-state index contributed by atoms with van der Waals surface area (Å²) < 4.78 is 26.9. The van der Waals surface area contributed by atoms with Crippen molar-refractivity contribution in [2.45, 2.75) is 38.5 Å². The van der Waals surface area contributed by atoms with Gasteiger partial charge in [-0.3, -0.25) is 0 Å². The van der Waals surface area contributed by atoms with Crippen LogP contribution in [0.3, 0.4) is 0 Å². The molecule has 1 aliphatic rings. The zero-order chi connectivity index (χ0) is 15.6. The summed E-state index contributed by atoms with van der Waals surface area (Å²) in [6, 6.07) is 7.18. The van der Waals surface area contributed by atoms with Crippen LogP contribution in [0.1, 0.15) is 37.8 Å². The van der Waals surface area contributed by atoms with Crippen LogP contribution in [0.5, 0.6) is 0 Å². The Morgan fingerprint density at radius 2 is 1.95 bits per heavy atom. The molecule has 2 rings (SSSR count). The minimum atomic E-state index is -3.28. The number of sulfonamides is 1. The van der Waals surface area contributed by atoms with Crippen LogP contribution in [0.15, 0.2) is 24.3 Å². The Kier molecular flexibility index (Phi) is 5.01. The largest absolute Gasteiger partial charge is 0.389 e. The van der Waals surface area contributed by atoms with Crippen LogP contribution in [0.2, 0.25) is 0 Å². The molecule has 2 atom stereocenters. The van der Waals surface area contributed by atoms with Crippen molar-refractivity contribution in [3.63, 3.8) is 0 Å². The Morgan fingerprint density at radius 3 is 2.52 bits per heavy atom. The Balaban J connectivity index is 2.15. The molecule has 2 N–H and O–H groups in total. The molecule has 1 aliphatic heterocycles. The van der Waals surface area contributed by atoms with Crippen LogP contribution in [0.25, 0.3) is 0 Å². The molecule has 0 bridgehead atoms. The maximum Gasteiger partial charge on any atom is 0.218 e. The predicted molar refractivity (Wildman–Crippen MR) is 89.5 cm³/mol. The number of benzene rings is 1. The molecule has 0 radical (unpaired) electrons. The quantitative estimate of drug-likeness (QED) is 0.862. The molecule has 1 heterocycles. The smallest absolute Gasteiger partial charge is 0.218 e. The van der Waals surface area contributed by atoms with Crippen molar-refractivity contribution in [1.82, 2.24) is 4.31 Å². The molecule has 1 aromatic carbocycles. The monoisotopic (exact) mass is 326 g/mol. The van der Waals surface area contributed by atoms with E-state index in [1.54, 1.807) is 28.6 Å². The Bertz CT molecular complexity index is 611. The minimum Gasteiger partial charge on any atom is -0.389 e. The van der Waals surface area contributed by atoms with Gasteiger partial charge < -0.3 is 5.73 Å². The topological polar surface area (TPSA) is 63.4 Å². The van der Waals surface area contributed by atoms with Crippen molar-refractivity contribution in [2.24, 2.45) is 11.7 Å². The second-order valence-corrected chi connectivity index (χ2v) is 8.15. The minimum absolute atomic E-state index is 0.0294. The summed E-state index contributed by atoms with van der Waals surface area (Å²) in [6.07, 6.45) is 2.03. The van der Waals surface area contributed by atoms with Gasteiger partial charge in [0.15, 0.2) is 0 Å². The number of hydrogen-bond donors (Lipinski definition) is 1. The van der Waals surface area contributed by atoms with E-state index in [0.717, 1.165) is 24.0 Å². The maximum absolute atomic E-state index is 12.6. The molecule has 4 nitrogen and oxygen atoms in total. The molecule has 21 heavy (non-hydrogen) atoms. The molecule has 1 fully saturated rings. The lowest BCUT2D eigenvalue weighted by molar-refractivity contribution is 0.202. The van der Waals surface area contributed by atoms with E-state index < -0.39 is 10.0 Å². The first-order valence-electron chi connectivity index (χ1n) is 7.19. The van der Waals surface area contributed by atoms with Gasteiger partial charge >= 0.3 is 0 Å². The lowest BCUT2D eigenvalue weighted by Gasteiger charge is -2.36. The fourth-order valence-electron chi connectivity index (χ4n) is 2.75. The molecular weight excluding hydrogens is 304 g/mol. The molecular formula is C15H22N2O2S2. The summed E-state index contributed by atoms with van der Waals surface area (Å²) >= 11 is 4.90. The van der Waals surface area contributed by atoms with E-state index in [1.165, 1.54) is 0 Å². The van der Waals surface area contributed by atoms with Crippen molar-refractivity contribution in [2.75, 3.05) is 6.54 Å². The fourth-order valence-corrected chi connectivity index (χ4v) is 4.79. The van der Waals surface area contributed by atoms with Gasteiger partial charge in [0.25, 0.3) is 0 Å². The number of thiocarbonyl (C=S) groups is 1. The van der Waals surface area contributed by atoms with Crippen LogP contribution < -0.4 is 5.73 Å². The molecule has 0 amide bonds. The molecule has 6 heteroatoms. The second kappa shape index (κ2) is 6.42. The Morgan fingerprint density at radius 1 is 1.33 bits per heavy atom. The van der Waals surface area contributed by atoms with Gasteiger partial charge in [0.2, 0.25) is 10.0 Å². The Labute approximate surface area is 132 Å². The third kappa shape index (κ3) is 3.81. The summed E-state index contributed by atoms with van der Waals surface area (Å²) in [4.78, 5) is 0.322. The maximum atomic E-state index is 12.6. The number of hydrogen-bond acceptors (Lipinski definition) is 3. The Hall–Kier alpha value is -0.980. The molecule has 116 valence electrons. The number of rotatable bonds is 4. The summed E-state index contributed by atoms with van der Waals surface area (Å²) in [6.45, 7) is 4.74. The molecule has 0 aliphatic carbocycles. The number of piperidine rings is 1. The lowest BCUT2D eigenvalue weighted by atomic mass is 9.94. The highest BCUT2D eigenvalue weighted by molar-refractivity contribution is 7.88. The van der Waals surface area contributed by atoms with Gasteiger partial charge in [-0.1, -0.05) is 43.4 Å². The van der Waals surface area contributed by atoms with Crippen LogP contribution >= 0.6 is 12.2 Å². The number of nitrogens with zero attached hydrogens (tertiary/aromatic N) is 1. The fraction of sp³-hybridized carbons (Fsp3) is 0.533. The van der Waals surface area contributed by atoms with Crippen LogP contribution in [0, 0.1) is 5.92 Å². The molecule has 2 unspecified atom stereocenters. The van der Waals surface area contributed by atoms with Crippen LogP contribution in [-0.4, -0.2) is 30.3 Å². The van der Waals surface area contributed by atoms with Gasteiger partial charge in [-0.15, -0.1) is 0 Å². The normalized spacial score (nSPS) is 23.9. The van der Waals surface area contributed by atoms with Crippen molar-refractivity contribution < 1.29 is 8.42 Å². The highest BCUT2D eigenvalue weighted by Gasteiger charge is 2.33. The summed E-state index contributed by atoms with van der Waals surface area (Å²) in [5.74, 6) is 0.437. The first-order valence-corrected chi connectivity index (χ1v) is 9.21. The van der Waals surface area contributed by atoms with Crippen LogP contribution in [-0.2, 0) is 15.8 Å². The van der Waals surface area contributed by atoms with Gasteiger partial charge in [0, 0.05) is 18.2 Å². The zero-order valence-electron chi connectivity index (χ0n) is 12.5. The van der Waals surface area contributed by atoms with E-state index in [9.17, 15) is 8.42 Å². The standard InChI is InChI=1S/C15H22N2O2S2/c1-11-4-3-9-17(12(11)2)21(18,19)10-13-5-7-14(8-6-13)15(16)20/h5-8,11-12H,3-4,9-10H2,1-2H3,(H2,16,20). The van der Waals surface area contributed by atoms with E-state index >= 15 is 0 Å². The van der Waals surface area contributed by atoms with Crippen molar-refractivity contribution in [3.8, 4) is 0 Å². The predicted octanol–water partition coefficient (Wildman–Crippen LogP) is 2.27. The highest BCUT2D eigenvalue weighted by atomic mass is 32.2. The van der Waals surface area contributed by atoms with Gasteiger partial charge in [-0.2, -0.15) is 4.31 Å². The zero-order valence-corrected chi connectivity index (χ0v) is 14.1. The SMILES string of the molecule is CC1CCCN(S(=O)(=O)Cc2ccc(C(N)=S)cc2)C1C. The first-order chi connectivity index (χ1) is 9.81. The average Bonchev–Trinajstić information content (AvgIpc) is 2.41. The molecule has 0 spiro atoms. The highest BCUT2D eigenvalue weighted by Crippen LogP contribution is 2.26. The molecule has 0 saturated carbocycles. The molecule has 1 saturated heterocycles. The van der Waals surface area contributed by atoms with E-state index in [0.29, 0.717) is 17.5 Å². The second-order valence-electron chi connectivity index (χ2n) is 5.79. The van der Waals surface area contributed by atoms with Gasteiger partial charge in [0.1, 0.15) is 4.99 Å². The van der Waals surface area contributed by atoms with E-state index in [2.05, 4.69) is 6.92 Å². The summed E-state index contributed by atoms with van der Waals surface area (Å²) in [5, 5.41) is 0. The van der Waals surface area contributed by atoms with E-state index in [1.807, 2.05) is 6.92 Å². The number of nitrogens with two attached hydrogens (primary N) is 1. The van der Waals surface area contributed by atoms with Gasteiger partial charge in [0.05, 0.1) is 5.75 Å². The third-order valence-electron chi connectivity index (χ3n) is 4.26. The van der Waals surface area contributed by atoms with Crippen molar-refractivity contribution in [3.05, 3.63) is 35.4 Å². The van der Waals surface area contributed by atoms with Crippen molar-refractivity contribution in [1.29, 1.82) is 0 Å². The molecule has 1 aromatic rings. The van der Waals surface area contributed by atoms with Crippen LogP contribution in [0.4, 0.5) is 0 Å².